The van der Waals surface area contributed by atoms with Crippen LogP contribution in [0.4, 0.5) is 0 Å². The van der Waals surface area contributed by atoms with E-state index in [4.69, 9.17) is 16.1 Å². The minimum atomic E-state index is 0.689. The van der Waals surface area contributed by atoms with Crippen molar-refractivity contribution in [2.24, 2.45) is 0 Å². The number of fused-ring (bicyclic) bond motifs is 1. The molecule has 0 spiro atoms. The lowest BCUT2D eigenvalue weighted by Gasteiger charge is -2.02. The Morgan fingerprint density at radius 1 is 1.06 bits per heavy atom. The Kier molecular flexibility index (Phi) is 2.15. The first-order valence-electron chi connectivity index (χ1n) is 4.93. The van der Waals surface area contributed by atoms with Crippen molar-refractivity contribution in [1.29, 1.82) is 0 Å². The molecule has 1 aromatic heterocycles. The van der Waals surface area contributed by atoms with Crippen molar-refractivity contribution in [3.05, 3.63) is 53.8 Å². The molecule has 0 radical (unpaired) electrons. The lowest BCUT2D eigenvalue weighted by Crippen LogP contribution is -1.80. The third kappa shape index (κ3) is 1.48. The smallest absolute Gasteiger partial charge is 0.131 e. The molecule has 0 atom stereocenters. The number of benzene rings is 2. The Labute approximate surface area is 97.4 Å². The molecule has 0 N–H and O–H groups in total. The van der Waals surface area contributed by atoms with Crippen LogP contribution in [0.5, 0.6) is 0 Å². The van der Waals surface area contributed by atoms with E-state index in [-0.39, 0.29) is 0 Å². The topological polar surface area (TPSA) is 26.0 Å². The zero-order valence-electron chi connectivity index (χ0n) is 8.35. The molecule has 3 rings (SSSR count). The second kappa shape index (κ2) is 3.65. The Hall–Kier alpha value is -1.80. The fourth-order valence-corrected chi connectivity index (χ4v) is 2.01. The third-order valence-corrected chi connectivity index (χ3v) is 2.73. The van der Waals surface area contributed by atoms with Crippen LogP contribution in [0.3, 0.4) is 0 Å². The maximum absolute atomic E-state index is 6.06. The van der Waals surface area contributed by atoms with Crippen molar-refractivity contribution in [2.45, 2.75) is 0 Å². The van der Waals surface area contributed by atoms with E-state index in [0.29, 0.717) is 5.02 Å². The molecule has 1 heterocycles. The van der Waals surface area contributed by atoms with Gasteiger partial charge in [0.15, 0.2) is 0 Å². The summed E-state index contributed by atoms with van der Waals surface area (Å²) >= 11 is 6.06. The molecule has 0 aliphatic carbocycles. The molecule has 0 amide bonds. The van der Waals surface area contributed by atoms with Crippen LogP contribution in [0.15, 0.2) is 53.3 Å². The highest BCUT2D eigenvalue weighted by atomic mass is 35.5. The van der Waals surface area contributed by atoms with Gasteiger partial charge in [0.1, 0.15) is 11.8 Å². The summed E-state index contributed by atoms with van der Waals surface area (Å²) in [7, 11) is 0. The molecular weight excluding hydrogens is 222 g/mol. The van der Waals surface area contributed by atoms with Crippen LogP contribution in [-0.2, 0) is 0 Å². The summed E-state index contributed by atoms with van der Waals surface area (Å²) in [4.78, 5) is 0. The van der Waals surface area contributed by atoms with Crippen LogP contribution in [0.1, 0.15) is 0 Å². The predicted octanol–water partition coefficient (Wildman–Crippen LogP) is 4.15. The quantitative estimate of drug-likeness (QED) is 0.627. The van der Waals surface area contributed by atoms with E-state index in [0.717, 1.165) is 22.0 Å². The van der Waals surface area contributed by atoms with Gasteiger partial charge >= 0.3 is 0 Å². The highest BCUT2D eigenvalue weighted by Crippen LogP contribution is 2.30. The van der Waals surface area contributed by atoms with Gasteiger partial charge in [0.05, 0.1) is 0 Å². The minimum absolute atomic E-state index is 0.689. The summed E-state index contributed by atoms with van der Waals surface area (Å²) in [6.45, 7) is 0. The van der Waals surface area contributed by atoms with Crippen molar-refractivity contribution in [2.75, 3.05) is 0 Å². The van der Waals surface area contributed by atoms with E-state index >= 15 is 0 Å². The molecule has 0 saturated carbocycles. The molecule has 0 fully saturated rings. The van der Waals surface area contributed by atoms with Crippen molar-refractivity contribution in [3.8, 4) is 11.1 Å². The molecule has 0 bridgehead atoms. The van der Waals surface area contributed by atoms with Gasteiger partial charge in [0, 0.05) is 16.0 Å². The van der Waals surface area contributed by atoms with E-state index in [1.54, 1.807) is 6.26 Å². The van der Waals surface area contributed by atoms with Crippen LogP contribution in [-0.4, -0.2) is 5.16 Å². The van der Waals surface area contributed by atoms with Crippen LogP contribution in [0, 0.1) is 0 Å². The highest BCUT2D eigenvalue weighted by Gasteiger charge is 2.08. The maximum Gasteiger partial charge on any atom is 0.131 e. The van der Waals surface area contributed by atoms with Gasteiger partial charge in [-0.25, -0.2) is 0 Å². The van der Waals surface area contributed by atoms with Crippen molar-refractivity contribution >= 4 is 22.5 Å². The number of halogens is 1. The summed E-state index contributed by atoms with van der Waals surface area (Å²) in [5.41, 5.74) is 2.93. The van der Waals surface area contributed by atoms with Gasteiger partial charge in [-0.1, -0.05) is 47.1 Å². The van der Waals surface area contributed by atoms with Gasteiger partial charge in [0.25, 0.3) is 0 Å². The SMILES string of the molecule is Clc1cc(-c2ccccc2)c2nocc2c1. The number of rotatable bonds is 1. The average molecular weight is 230 g/mol. The number of nitrogens with zero attached hydrogens (tertiary/aromatic N) is 1. The lowest BCUT2D eigenvalue weighted by atomic mass is 10.0. The molecule has 3 heteroatoms. The Bertz CT molecular complexity index is 631. The molecule has 78 valence electrons. The van der Waals surface area contributed by atoms with Gasteiger partial charge in [-0.05, 0) is 17.7 Å². The number of hydrogen-bond acceptors (Lipinski definition) is 2. The molecular formula is C13H8ClNO. The van der Waals surface area contributed by atoms with Crippen molar-refractivity contribution < 1.29 is 4.52 Å². The summed E-state index contributed by atoms with van der Waals surface area (Å²) in [5.74, 6) is 0. The number of aromatic nitrogens is 1. The van der Waals surface area contributed by atoms with E-state index in [9.17, 15) is 0 Å². The molecule has 0 aliphatic rings. The molecule has 16 heavy (non-hydrogen) atoms. The second-order valence-electron chi connectivity index (χ2n) is 3.57. The first-order chi connectivity index (χ1) is 7.84. The Balaban J connectivity index is 2.34. The second-order valence-corrected chi connectivity index (χ2v) is 4.01. The van der Waals surface area contributed by atoms with Crippen molar-refractivity contribution in [1.82, 2.24) is 5.16 Å². The lowest BCUT2D eigenvalue weighted by molar-refractivity contribution is 0.428. The molecule has 2 nitrogen and oxygen atoms in total. The van der Waals surface area contributed by atoms with Crippen LogP contribution in [0.2, 0.25) is 5.02 Å². The van der Waals surface area contributed by atoms with Crippen LogP contribution in [0.25, 0.3) is 22.0 Å². The normalized spacial score (nSPS) is 10.8. The largest absolute Gasteiger partial charge is 0.363 e. The van der Waals surface area contributed by atoms with E-state index in [1.165, 1.54) is 0 Å². The monoisotopic (exact) mass is 229 g/mol. The average Bonchev–Trinajstić information content (AvgIpc) is 2.77. The zero-order chi connectivity index (χ0) is 11.0. The van der Waals surface area contributed by atoms with Crippen LogP contribution < -0.4 is 0 Å². The predicted molar refractivity (Wildman–Crippen MR) is 64.5 cm³/mol. The van der Waals surface area contributed by atoms with Gasteiger partial charge in [-0.2, -0.15) is 0 Å². The molecule has 3 aromatic rings. The van der Waals surface area contributed by atoms with Gasteiger partial charge < -0.3 is 4.52 Å². The molecule has 0 saturated heterocycles. The standard InChI is InChI=1S/C13H8ClNO/c14-11-6-10-8-16-15-13(10)12(7-11)9-4-2-1-3-5-9/h1-8H. The molecule has 2 aromatic carbocycles. The summed E-state index contributed by atoms with van der Waals surface area (Å²) in [6.07, 6.45) is 1.60. The molecule has 0 aliphatic heterocycles. The van der Waals surface area contributed by atoms with E-state index in [2.05, 4.69) is 5.16 Å². The van der Waals surface area contributed by atoms with Crippen molar-refractivity contribution in [3.63, 3.8) is 0 Å². The summed E-state index contributed by atoms with van der Waals surface area (Å²) < 4.78 is 4.97. The van der Waals surface area contributed by atoms with E-state index < -0.39 is 0 Å². The van der Waals surface area contributed by atoms with E-state index in [1.807, 2.05) is 42.5 Å². The number of hydrogen-bond donors (Lipinski definition) is 0. The minimum Gasteiger partial charge on any atom is -0.363 e. The Morgan fingerprint density at radius 2 is 1.88 bits per heavy atom. The molecule has 0 unspecified atom stereocenters. The zero-order valence-corrected chi connectivity index (χ0v) is 9.11. The summed E-state index contributed by atoms with van der Waals surface area (Å²) in [6, 6.07) is 13.8. The highest BCUT2D eigenvalue weighted by molar-refractivity contribution is 6.31. The Morgan fingerprint density at radius 3 is 2.69 bits per heavy atom. The van der Waals surface area contributed by atoms with Gasteiger partial charge in [0.2, 0.25) is 0 Å². The van der Waals surface area contributed by atoms with Gasteiger partial charge in [-0.15, -0.1) is 0 Å². The summed E-state index contributed by atoms with van der Waals surface area (Å²) in [5, 5.41) is 5.61. The fraction of sp³-hybridized carbons (Fsp3) is 0. The maximum atomic E-state index is 6.06. The van der Waals surface area contributed by atoms with Gasteiger partial charge in [-0.3, -0.25) is 0 Å². The van der Waals surface area contributed by atoms with Crippen LogP contribution >= 0.6 is 11.6 Å². The first kappa shape index (κ1) is 9.43. The third-order valence-electron chi connectivity index (χ3n) is 2.51. The first-order valence-corrected chi connectivity index (χ1v) is 5.31. The fourth-order valence-electron chi connectivity index (χ4n) is 1.79.